The smallest absolute Gasteiger partial charge is 0.146 e. The fourth-order valence-electron chi connectivity index (χ4n) is 1.90. The summed E-state index contributed by atoms with van der Waals surface area (Å²) in [5.41, 5.74) is -0.0698. The molecule has 1 rings (SSSR count). The highest BCUT2D eigenvalue weighted by Gasteiger charge is 2.38. The predicted octanol–water partition coefficient (Wildman–Crippen LogP) is 2.44. The molecule has 0 bridgehead atoms. The van der Waals surface area contributed by atoms with Gasteiger partial charge >= 0.3 is 0 Å². The lowest BCUT2D eigenvalue weighted by Crippen LogP contribution is -2.34. The van der Waals surface area contributed by atoms with Crippen LogP contribution in [0.4, 0.5) is 0 Å². The SMILES string of the molecule is CCO/C=C\[C@H]1C(C=O)=CC=C[C@@]1(C)C(C)=O. The van der Waals surface area contributed by atoms with Crippen LogP contribution in [0.15, 0.2) is 36.1 Å². The summed E-state index contributed by atoms with van der Waals surface area (Å²) in [5, 5.41) is 0. The first-order valence-electron chi connectivity index (χ1n) is 5.70. The number of hydrogen-bond donors (Lipinski definition) is 0. The molecule has 92 valence electrons. The van der Waals surface area contributed by atoms with Crippen LogP contribution in [0.3, 0.4) is 0 Å². The maximum absolute atomic E-state index is 11.8. The molecule has 0 amide bonds. The fraction of sp³-hybridized carbons (Fsp3) is 0.429. The predicted molar refractivity (Wildman–Crippen MR) is 66.3 cm³/mol. The summed E-state index contributed by atoms with van der Waals surface area (Å²) in [5.74, 6) is -0.221. The number of allylic oxidation sites excluding steroid dienone is 5. The molecule has 0 aromatic carbocycles. The molecular weight excluding hydrogens is 216 g/mol. The zero-order valence-corrected chi connectivity index (χ0v) is 10.5. The van der Waals surface area contributed by atoms with Gasteiger partial charge < -0.3 is 4.74 Å². The molecule has 0 fully saturated rings. The lowest BCUT2D eigenvalue weighted by molar-refractivity contribution is -0.124. The van der Waals surface area contributed by atoms with Crippen molar-refractivity contribution in [1.29, 1.82) is 0 Å². The minimum absolute atomic E-state index is 0.0346. The summed E-state index contributed by atoms with van der Waals surface area (Å²) in [7, 11) is 0. The van der Waals surface area contributed by atoms with E-state index in [0.29, 0.717) is 12.2 Å². The van der Waals surface area contributed by atoms with Crippen LogP contribution in [0.2, 0.25) is 0 Å². The molecular formula is C14H18O3. The molecule has 0 heterocycles. The maximum atomic E-state index is 11.8. The lowest BCUT2D eigenvalue weighted by Gasteiger charge is -2.33. The monoisotopic (exact) mass is 234 g/mol. The molecule has 0 unspecified atom stereocenters. The van der Waals surface area contributed by atoms with Gasteiger partial charge in [-0.2, -0.15) is 0 Å². The van der Waals surface area contributed by atoms with Gasteiger partial charge in [0.05, 0.1) is 18.3 Å². The van der Waals surface area contributed by atoms with Crippen molar-refractivity contribution in [2.45, 2.75) is 20.8 Å². The van der Waals surface area contributed by atoms with Crippen LogP contribution in [0.5, 0.6) is 0 Å². The Morgan fingerprint density at radius 1 is 1.59 bits per heavy atom. The summed E-state index contributed by atoms with van der Waals surface area (Å²) in [6, 6.07) is 0. The summed E-state index contributed by atoms with van der Waals surface area (Å²) < 4.78 is 5.14. The molecule has 0 aromatic heterocycles. The average Bonchev–Trinajstić information content (AvgIpc) is 2.31. The largest absolute Gasteiger partial charge is 0.502 e. The van der Waals surface area contributed by atoms with Gasteiger partial charge in [-0.05, 0) is 26.8 Å². The molecule has 0 saturated heterocycles. The van der Waals surface area contributed by atoms with Crippen LogP contribution >= 0.6 is 0 Å². The van der Waals surface area contributed by atoms with E-state index in [-0.39, 0.29) is 11.7 Å². The van der Waals surface area contributed by atoms with Gasteiger partial charge in [0.2, 0.25) is 0 Å². The van der Waals surface area contributed by atoms with Crippen molar-refractivity contribution in [3.8, 4) is 0 Å². The number of carbonyl (C=O) groups excluding carboxylic acids is 2. The van der Waals surface area contributed by atoms with E-state index in [1.165, 1.54) is 0 Å². The Morgan fingerprint density at radius 2 is 2.29 bits per heavy atom. The van der Waals surface area contributed by atoms with Gasteiger partial charge in [-0.15, -0.1) is 0 Å². The second kappa shape index (κ2) is 5.62. The quantitative estimate of drug-likeness (QED) is 0.542. The normalized spacial score (nSPS) is 27.9. The van der Waals surface area contributed by atoms with Gasteiger partial charge in [0.25, 0.3) is 0 Å². The van der Waals surface area contributed by atoms with Crippen molar-refractivity contribution < 1.29 is 14.3 Å². The van der Waals surface area contributed by atoms with Gasteiger partial charge in [0.15, 0.2) is 0 Å². The number of Topliss-reactive ketones (excluding diaryl/α,β-unsaturated/α-hetero) is 1. The third-order valence-electron chi connectivity index (χ3n) is 3.16. The molecule has 17 heavy (non-hydrogen) atoms. The van der Waals surface area contributed by atoms with Crippen LogP contribution in [-0.2, 0) is 14.3 Å². The van der Waals surface area contributed by atoms with E-state index in [9.17, 15) is 9.59 Å². The van der Waals surface area contributed by atoms with E-state index in [0.717, 1.165) is 6.29 Å². The average molecular weight is 234 g/mol. The van der Waals surface area contributed by atoms with Crippen molar-refractivity contribution >= 4 is 12.1 Å². The highest BCUT2D eigenvalue weighted by Crippen LogP contribution is 2.38. The molecule has 0 aliphatic heterocycles. The van der Waals surface area contributed by atoms with Crippen molar-refractivity contribution in [3.63, 3.8) is 0 Å². The zero-order valence-electron chi connectivity index (χ0n) is 10.5. The Labute approximate surface area is 102 Å². The third kappa shape index (κ3) is 2.73. The minimum atomic E-state index is -0.668. The highest BCUT2D eigenvalue weighted by atomic mass is 16.5. The standard InChI is InChI=1S/C14H18O3/c1-4-17-9-7-13-12(10-15)6-5-8-14(13,3)11(2)16/h5-10,13H,4H2,1-3H3/b9-7-/t13-,14-/m0/s1. The van der Waals surface area contributed by atoms with E-state index in [1.807, 2.05) is 19.9 Å². The second-order valence-electron chi connectivity index (χ2n) is 4.24. The summed E-state index contributed by atoms with van der Waals surface area (Å²) >= 11 is 0. The Morgan fingerprint density at radius 3 is 2.82 bits per heavy atom. The molecule has 1 aliphatic carbocycles. The summed E-state index contributed by atoms with van der Waals surface area (Å²) in [6.45, 7) is 5.82. The number of carbonyl (C=O) groups is 2. The van der Waals surface area contributed by atoms with Gasteiger partial charge in [0, 0.05) is 11.5 Å². The fourth-order valence-corrected chi connectivity index (χ4v) is 1.90. The van der Waals surface area contributed by atoms with Crippen LogP contribution in [-0.4, -0.2) is 18.7 Å². The van der Waals surface area contributed by atoms with Crippen LogP contribution in [0.1, 0.15) is 20.8 Å². The molecule has 3 nitrogen and oxygen atoms in total. The van der Waals surface area contributed by atoms with Crippen molar-refractivity contribution in [2.75, 3.05) is 6.61 Å². The second-order valence-corrected chi connectivity index (χ2v) is 4.24. The Bertz CT molecular complexity index is 390. The first-order valence-corrected chi connectivity index (χ1v) is 5.70. The third-order valence-corrected chi connectivity index (χ3v) is 3.16. The molecule has 3 heteroatoms. The molecule has 0 aromatic rings. The van der Waals surface area contributed by atoms with E-state index in [2.05, 4.69) is 0 Å². The van der Waals surface area contributed by atoms with Crippen molar-refractivity contribution in [2.24, 2.45) is 11.3 Å². The van der Waals surface area contributed by atoms with E-state index in [4.69, 9.17) is 4.74 Å². The minimum Gasteiger partial charge on any atom is -0.502 e. The number of ketones is 1. The molecule has 0 saturated carbocycles. The number of ether oxygens (including phenoxy) is 1. The maximum Gasteiger partial charge on any atom is 0.146 e. The Balaban J connectivity index is 3.06. The molecule has 0 N–H and O–H groups in total. The van der Waals surface area contributed by atoms with Crippen LogP contribution < -0.4 is 0 Å². The summed E-state index contributed by atoms with van der Waals surface area (Å²) in [4.78, 5) is 22.8. The first kappa shape index (κ1) is 13.4. The van der Waals surface area contributed by atoms with Crippen LogP contribution in [0, 0.1) is 11.3 Å². The number of aldehydes is 1. The Hall–Kier alpha value is -1.64. The molecule has 0 spiro atoms. The lowest BCUT2D eigenvalue weighted by atomic mass is 9.68. The molecule has 2 atom stereocenters. The van der Waals surface area contributed by atoms with E-state index >= 15 is 0 Å². The molecule has 0 radical (unpaired) electrons. The van der Waals surface area contributed by atoms with Gasteiger partial charge in [-0.1, -0.05) is 18.2 Å². The van der Waals surface area contributed by atoms with Gasteiger partial charge in [-0.25, -0.2) is 0 Å². The Kier molecular flexibility index (Phi) is 4.44. The zero-order chi connectivity index (χ0) is 12.9. The number of rotatable bonds is 5. The highest BCUT2D eigenvalue weighted by molar-refractivity contribution is 5.88. The van der Waals surface area contributed by atoms with Crippen LogP contribution in [0.25, 0.3) is 0 Å². The van der Waals surface area contributed by atoms with Crippen molar-refractivity contribution in [1.82, 2.24) is 0 Å². The topological polar surface area (TPSA) is 43.4 Å². The number of hydrogen-bond acceptors (Lipinski definition) is 3. The van der Waals surface area contributed by atoms with E-state index < -0.39 is 5.41 Å². The van der Waals surface area contributed by atoms with E-state index in [1.54, 1.807) is 31.4 Å². The van der Waals surface area contributed by atoms with Crippen molar-refractivity contribution in [3.05, 3.63) is 36.1 Å². The first-order chi connectivity index (χ1) is 8.06. The molecule has 1 aliphatic rings. The van der Waals surface area contributed by atoms with Gasteiger partial charge in [-0.3, -0.25) is 9.59 Å². The van der Waals surface area contributed by atoms with Gasteiger partial charge in [0.1, 0.15) is 12.1 Å². The summed E-state index contributed by atoms with van der Waals surface area (Å²) in [6.07, 6.45) is 9.46.